The zero-order chi connectivity index (χ0) is 22.9. The minimum absolute atomic E-state index is 0.313. The van der Waals surface area contributed by atoms with E-state index in [-0.39, 0.29) is 0 Å². The first-order valence-corrected chi connectivity index (χ1v) is 14.0. The van der Waals surface area contributed by atoms with Gasteiger partial charge in [0, 0.05) is 6.61 Å². The summed E-state index contributed by atoms with van der Waals surface area (Å²) in [6, 6.07) is 0. The van der Waals surface area contributed by atoms with Gasteiger partial charge in [0.05, 0.1) is 12.2 Å². The predicted molar refractivity (Wildman–Crippen MR) is 132 cm³/mol. The molecule has 0 aromatic heterocycles. The van der Waals surface area contributed by atoms with Gasteiger partial charge in [-0.3, -0.25) is 0 Å². The third-order valence-electron chi connectivity index (χ3n) is 11.7. The third kappa shape index (κ3) is 3.65. The Morgan fingerprint density at radius 3 is 2.59 bits per heavy atom. The van der Waals surface area contributed by atoms with Crippen molar-refractivity contribution in [2.45, 2.75) is 118 Å². The Kier molecular flexibility index (Phi) is 5.93. The van der Waals surface area contributed by atoms with Crippen LogP contribution in [0.3, 0.4) is 0 Å². The Morgan fingerprint density at radius 2 is 1.88 bits per heavy atom. The van der Waals surface area contributed by atoms with Gasteiger partial charge in [-0.05, 0) is 116 Å². The standard InChI is InChI=1S/C30H50O2/c1-19(18-31)7-9-22-16-26-27(32-22)17-25-23-10-8-21-15-20(28(2,3)4)11-13-29(21,5)24(23)12-14-30(25,26)6/h8,19-20,22-27,31H,7,9-18H2,1-6H3/t19?,20?,22-,23?,24?,25?,26?,27?,29?,30?/m1/s1. The molecule has 1 saturated heterocycles. The molecule has 4 fully saturated rings. The normalized spacial score (nSPS) is 49.0. The van der Waals surface area contributed by atoms with Crippen LogP contribution in [0.4, 0.5) is 0 Å². The van der Waals surface area contributed by atoms with E-state index in [9.17, 15) is 5.11 Å². The van der Waals surface area contributed by atoms with E-state index in [0.29, 0.717) is 41.0 Å². The van der Waals surface area contributed by atoms with Gasteiger partial charge in [0.2, 0.25) is 0 Å². The molecule has 2 heteroatoms. The van der Waals surface area contributed by atoms with E-state index in [2.05, 4.69) is 47.6 Å². The van der Waals surface area contributed by atoms with Gasteiger partial charge in [-0.2, -0.15) is 0 Å². The Balaban J connectivity index is 1.30. The van der Waals surface area contributed by atoms with Crippen LogP contribution in [0.25, 0.3) is 0 Å². The van der Waals surface area contributed by atoms with Gasteiger partial charge >= 0.3 is 0 Å². The summed E-state index contributed by atoms with van der Waals surface area (Å²) in [5, 5.41) is 9.39. The number of rotatable bonds is 4. The van der Waals surface area contributed by atoms with Crippen LogP contribution in [0, 0.1) is 51.8 Å². The largest absolute Gasteiger partial charge is 0.396 e. The number of hydrogen-bond donors (Lipinski definition) is 1. The summed E-state index contributed by atoms with van der Waals surface area (Å²) in [6.45, 7) is 15.1. The zero-order valence-electron chi connectivity index (χ0n) is 21.8. The van der Waals surface area contributed by atoms with Crippen LogP contribution in [-0.2, 0) is 4.74 Å². The molecule has 10 atom stereocenters. The fraction of sp³-hybridized carbons (Fsp3) is 0.933. The minimum atomic E-state index is 0.313. The summed E-state index contributed by atoms with van der Waals surface area (Å²) in [5.41, 5.74) is 3.23. The van der Waals surface area contributed by atoms with Crippen LogP contribution in [0.2, 0.25) is 0 Å². The molecule has 0 aromatic rings. The number of allylic oxidation sites excluding steroid dienone is 2. The second kappa shape index (κ2) is 8.11. The van der Waals surface area contributed by atoms with Crippen molar-refractivity contribution in [2.24, 2.45) is 51.8 Å². The highest BCUT2D eigenvalue weighted by molar-refractivity contribution is 5.26. The van der Waals surface area contributed by atoms with Crippen LogP contribution < -0.4 is 0 Å². The van der Waals surface area contributed by atoms with Gasteiger partial charge in [-0.1, -0.05) is 53.2 Å². The molecule has 0 spiro atoms. The molecule has 3 saturated carbocycles. The first kappa shape index (κ1) is 23.4. The van der Waals surface area contributed by atoms with Crippen molar-refractivity contribution < 1.29 is 9.84 Å². The van der Waals surface area contributed by atoms with E-state index in [4.69, 9.17) is 4.74 Å². The fourth-order valence-corrected chi connectivity index (χ4v) is 9.40. The maximum atomic E-state index is 9.39. The number of ether oxygens (including phenoxy) is 1. The summed E-state index contributed by atoms with van der Waals surface area (Å²) in [5.74, 6) is 4.70. The molecule has 5 aliphatic rings. The number of hydrogen-bond acceptors (Lipinski definition) is 2. The van der Waals surface area contributed by atoms with E-state index in [1.54, 1.807) is 0 Å². The van der Waals surface area contributed by atoms with Crippen LogP contribution in [0.5, 0.6) is 0 Å². The van der Waals surface area contributed by atoms with Crippen molar-refractivity contribution >= 4 is 0 Å². The van der Waals surface area contributed by atoms with Crippen molar-refractivity contribution in [2.75, 3.05) is 6.61 Å². The first-order chi connectivity index (χ1) is 15.1. The smallest absolute Gasteiger partial charge is 0.0616 e. The lowest BCUT2D eigenvalue weighted by Gasteiger charge is -2.59. The van der Waals surface area contributed by atoms with Gasteiger partial charge in [0.15, 0.2) is 0 Å². The maximum absolute atomic E-state index is 9.39. The van der Waals surface area contributed by atoms with E-state index >= 15 is 0 Å². The first-order valence-electron chi connectivity index (χ1n) is 14.0. The van der Waals surface area contributed by atoms with Crippen LogP contribution >= 0.6 is 0 Å². The second-order valence-electron chi connectivity index (χ2n) is 14.3. The molecule has 32 heavy (non-hydrogen) atoms. The van der Waals surface area contributed by atoms with E-state index < -0.39 is 0 Å². The SMILES string of the molecule is CC(CO)CC[C@@H]1CC2C(CC3C4CC=C5CC(C(C)(C)C)CCC5(C)C4CCC23C)O1. The molecule has 4 aliphatic carbocycles. The molecule has 0 aromatic carbocycles. The lowest BCUT2D eigenvalue weighted by atomic mass is 9.46. The second-order valence-corrected chi connectivity index (χ2v) is 14.3. The molecule has 5 rings (SSSR count). The van der Waals surface area contributed by atoms with E-state index in [1.165, 1.54) is 51.4 Å². The minimum Gasteiger partial charge on any atom is -0.396 e. The van der Waals surface area contributed by atoms with Crippen molar-refractivity contribution in [1.82, 2.24) is 0 Å². The van der Waals surface area contributed by atoms with Gasteiger partial charge in [-0.15, -0.1) is 0 Å². The highest BCUT2D eigenvalue weighted by Crippen LogP contribution is 2.69. The Hall–Kier alpha value is -0.340. The van der Waals surface area contributed by atoms with Crippen LogP contribution in [-0.4, -0.2) is 23.9 Å². The summed E-state index contributed by atoms with van der Waals surface area (Å²) >= 11 is 0. The molecule has 9 unspecified atom stereocenters. The molecule has 1 N–H and O–H groups in total. The van der Waals surface area contributed by atoms with Crippen LogP contribution in [0.15, 0.2) is 11.6 Å². The van der Waals surface area contributed by atoms with E-state index in [0.717, 1.165) is 42.4 Å². The molecule has 182 valence electrons. The summed E-state index contributed by atoms with van der Waals surface area (Å²) in [6.07, 6.45) is 16.9. The highest BCUT2D eigenvalue weighted by Gasteiger charge is 2.63. The topological polar surface area (TPSA) is 29.5 Å². The van der Waals surface area contributed by atoms with Crippen LogP contribution in [0.1, 0.15) is 106 Å². The molecular weight excluding hydrogens is 392 g/mol. The van der Waals surface area contributed by atoms with Crippen molar-refractivity contribution in [3.05, 3.63) is 11.6 Å². The lowest BCUT2D eigenvalue weighted by Crippen LogP contribution is -2.50. The summed E-state index contributed by atoms with van der Waals surface area (Å²) < 4.78 is 6.70. The van der Waals surface area contributed by atoms with Gasteiger partial charge in [0.1, 0.15) is 0 Å². The molecule has 2 nitrogen and oxygen atoms in total. The molecule has 0 amide bonds. The average molecular weight is 443 g/mol. The number of fused-ring (bicyclic) bond motifs is 7. The molecular formula is C30H50O2. The maximum Gasteiger partial charge on any atom is 0.0616 e. The number of aliphatic hydroxyl groups is 1. The van der Waals surface area contributed by atoms with Gasteiger partial charge < -0.3 is 9.84 Å². The molecule has 0 bridgehead atoms. The van der Waals surface area contributed by atoms with Gasteiger partial charge in [0.25, 0.3) is 0 Å². The van der Waals surface area contributed by atoms with Crippen molar-refractivity contribution in [3.63, 3.8) is 0 Å². The fourth-order valence-electron chi connectivity index (χ4n) is 9.40. The third-order valence-corrected chi connectivity index (χ3v) is 11.7. The van der Waals surface area contributed by atoms with Gasteiger partial charge in [-0.25, -0.2) is 0 Å². The highest BCUT2D eigenvalue weighted by atomic mass is 16.5. The quantitative estimate of drug-likeness (QED) is 0.459. The summed E-state index contributed by atoms with van der Waals surface area (Å²) in [7, 11) is 0. The lowest BCUT2D eigenvalue weighted by molar-refractivity contribution is -0.0501. The molecule has 0 radical (unpaired) electrons. The molecule has 1 aliphatic heterocycles. The Labute approximate surface area is 198 Å². The van der Waals surface area contributed by atoms with E-state index in [1.807, 2.05) is 5.57 Å². The van der Waals surface area contributed by atoms with Crippen molar-refractivity contribution in [3.8, 4) is 0 Å². The predicted octanol–water partition coefficient (Wildman–Crippen LogP) is 7.40. The Bertz CT molecular complexity index is 734. The average Bonchev–Trinajstić information content (AvgIpc) is 3.27. The monoisotopic (exact) mass is 442 g/mol. The number of aliphatic hydroxyl groups excluding tert-OH is 1. The Morgan fingerprint density at radius 1 is 1.09 bits per heavy atom. The van der Waals surface area contributed by atoms with Crippen molar-refractivity contribution in [1.29, 1.82) is 0 Å². The molecule has 1 heterocycles. The summed E-state index contributed by atoms with van der Waals surface area (Å²) in [4.78, 5) is 0. The zero-order valence-corrected chi connectivity index (χ0v) is 21.8.